The van der Waals surface area contributed by atoms with E-state index >= 15 is 0 Å². The van der Waals surface area contributed by atoms with E-state index < -0.39 is 11.9 Å². The molecular weight excluding hydrogens is 582 g/mol. The van der Waals surface area contributed by atoms with Crippen molar-refractivity contribution in [1.29, 1.82) is 0 Å². The quantitative estimate of drug-likeness (QED) is 0.273. The zero-order valence-corrected chi connectivity index (χ0v) is 24.1. The van der Waals surface area contributed by atoms with Crippen LogP contribution >= 0.6 is 27.5 Å². The summed E-state index contributed by atoms with van der Waals surface area (Å²) >= 11 is 10.3. The van der Waals surface area contributed by atoms with E-state index in [1.165, 1.54) is 0 Å². The number of dihydropyridines is 1. The van der Waals surface area contributed by atoms with Gasteiger partial charge in [-0.2, -0.15) is 0 Å². The Hall–Kier alpha value is -3.55. The molecule has 1 aliphatic carbocycles. The highest BCUT2D eigenvalue weighted by atomic mass is 79.9. The van der Waals surface area contributed by atoms with Crippen LogP contribution in [0, 0.1) is 0 Å². The van der Waals surface area contributed by atoms with Gasteiger partial charge < -0.3 is 19.5 Å². The number of hydrogen-bond donors (Lipinski definition) is 1. The third-order valence-corrected chi connectivity index (χ3v) is 7.52. The Morgan fingerprint density at radius 1 is 1.00 bits per heavy atom. The Labute approximate surface area is 240 Å². The minimum atomic E-state index is -0.711. The summed E-state index contributed by atoms with van der Waals surface area (Å²) in [7, 11) is 0. The molecule has 1 heterocycles. The van der Waals surface area contributed by atoms with Crippen molar-refractivity contribution in [2.24, 2.45) is 0 Å². The Morgan fingerprint density at radius 2 is 1.72 bits per heavy atom. The summed E-state index contributed by atoms with van der Waals surface area (Å²) < 4.78 is 18.5. The number of nitrogens with one attached hydrogen (secondary N) is 1. The first kappa shape index (κ1) is 27.0. The molecule has 0 fully saturated rings. The zero-order chi connectivity index (χ0) is 27.7. The van der Waals surface area contributed by atoms with Gasteiger partial charge in [0.25, 0.3) is 0 Å². The number of fused-ring (bicyclic) bond motifs is 2. The first-order chi connectivity index (χ1) is 18.8. The molecular formula is C31H27BrClNO5. The molecule has 1 N–H and O–H groups in total. The second-order valence-corrected chi connectivity index (χ2v) is 10.5. The van der Waals surface area contributed by atoms with Crippen LogP contribution < -0.4 is 14.8 Å². The largest absolute Gasteiger partial charge is 0.490 e. The summed E-state index contributed by atoms with van der Waals surface area (Å²) in [5, 5.41) is 3.62. The molecule has 0 aromatic heterocycles. The van der Waals surface area contributed by atoms with E-state index in [1.807, 2.05) is 56.3 Å². The number of carbonyl (C=O) groups is 2. The normalized spacial score (nSPS) is 16.0. The Balaban J connectivity index is 1.61. The van der Waals surface area contributed by atoms with E-state index in [0.29, 0.717) is 56.8 Å². The molecule has 1 atom stereocenters. The Morgan fingerprint density at radius 3 is 2.41 bits per heavy atom. The summed E-state index contributed by atoms with van der Waals surface area (Å²) in [6.45, 7) is 6.30. The van der Waals surface area contributed by atoms with Crippen molar-refractivity contribution in [3.8, 4) is 11.5 Å². The fourth-order valence-corrected chi connectivity index (χ4v) is 5.57. The van der Waals surface area contributed by atoms with Crippen molar-refractivity contribution < 1.29 is 23.8 Å². The minimum absolute atomic E-state index is 0.142. The molecule has 6 nitrogen and oxygen atoms in total. The third kappa shape index (κ3) is 5.09. The molecule has 0 bridgehead atoms. The number of benzene rings is 3. The second kappa shape index (κ2) is 11.3. The average Bonchev–Trinajstić information content (AvgIpc) is 3.20. The van der Waals surface area contributed by atoms with Crippen molar-refractivity contribution in [3.63, 3.8) is 0 Å². The molecule has 0 radical (unpaired) electrons. The van der Waals surface area contributed by atoms with E-state index in [2.05, 4.69) is 21.2 Å². The maximum absolute atomic E-state index is 13.7. The number of ether oxygens (including phenoxy) is 3. The van der Waals surface area contributed by atoms with Gasteiger partial charge in [-0.05, 0) is 56.2 Å². The maximum Gasteiger partial charge on any atom is 0.336 e. The van der Waals surface area contributed by atoms with Crippen molar-refractivity contribution in [3.05, 3.63) is 109 Å². The molecule has 39 heavy (non-hydrogen) atoms. The van der Waals surface area contributed by atoms with Gasteiger partial charge in [0, 0.05) is 32.8 Å². The van der Waals surface area contributed by atoms with E-state index in [9.17, 15) is 9.59 Å². The third-order valence-electron chi connectivity index (χ3n) is 6.71. The van der Waals surface area contributed by atoms with Gasteiger partial charge >= 0.3 is 5.97 Å². The molecule has 0 saturated heterocycles. The smallest absolute Gasteiger partial charge is 0.336 e. The summed E-state index contributed by atoms with van der Waals surface area (Å²) in [4.78, 5) is 27.0. The molecule has 0 amide bonds. The van der Waals surface area contributed by atoms with Gasteiger partial charge in [0.15, 0.2) is 17.3 Å². The molecule has 0 unspecified atom stereocenters. The summed E-state index contributed by atoms with van der Waals surface area (Å²) in [5.41, 5.74) is 5.13. The number of Topliss-reactive ketones (excluding diaryl/α,β-unsaturated/α-hetero) is 1. The summed E-state index contributed by atoms with van der Waals surface area (Å²) in [5.74, 6) is -0.517. The van der Waals surface area contributed by atoms with Crippen LogP contribution in [-0.2, 0) is 16.1 Å². The monoisotopic (exact) mass is 607 g/mol. The highest BCUT2D eigenvalue weighted by Gasteiger charge is 2.43. The molecule has 0 saturated carbocycles. The predicted molar refractivity (Wildman–Crippen MR) is 154 cm³/mol. The van der Waals surface area contributed by atoms with Crippen molar-refractivity contribution in [2.75, 3.05) is 13.2 Å². The van der Waals surface area contributed by atoms with Crippen LogP contribution in [0.15, 0.2) is 82.0 Å². The molecule has 8 heteroatoms. The molecule has 5 rings (SSSR count). The highest BCUT2D eigenvalue weighted by molar-refractivity contribution is 9.10. The molecule has 1 aliphatic heterocycles. The van der Waals surface area contributed by atoms with Gasteiger partial charge in [-0.3, -0.25) is 4.79 Å². The van der Waals surface area contributed by atoms with Crippen LogP contribution in [-0.4, -0.2) is 25.0 Å². The average molecular weight is 609 g/mol. The lowest BCUT2D eigenvalue weighted by molar-refractivity contribution is -0.138. The van der Waals surface area contributed by atoms with Gasteiger partial charge in [-0.25, -0.2) is 4.79 Å². The van der Waals surface area contributed by atoms with E-state index in [4.69, 9.17) is 25.8 Å². The highest BCUT2D eigenvalue weighted by Crippen LogP contribution is 2.49. The number of allylic oxidation sites excluding steroid dienone is 2. The summed E-state index contributed by atoms with van der Waals surface area (Å²) in [6, 6.07) is 18.8. The minimum Gasteiger partial charge on any atom is -0.490 e. The zero-order valence-electron chi connectivity index (χ0n) is 21.8. The lowest BCUT2D eigenvalue weighted by Gasteiger charge is -2.30. The number of hydrogen-bond acceptors (Lipinski definition) is 6. The molecule has 3 aromatic carbocycles. The van der Waals surface area contributed by atoms with Crippen LogP contribution in [0.25, 0.3) is 5.70 Å². The Bertz CT molecular complexity index is 1530. The first-order valence-corrected chi connectivity index (χ1v) is 13.9. The fourth-order valence-electron chi connectivity index (χ4n) is 5.04. The topological polar surface area (TPSA) is 73.9 Å². The second-order valence-electron chi connectivity index (χ2n) is 9.16. The van der Waals surface area contributed by atoms with Gasteiger partial charge in [-0.1, -0.05) is 63.9 Å². The SMILES string of the molecule is CCOC(=O)C1=C(C)NC2=C(C(=O)c3ccccc32)[C@@H]1c1cc(Cl)c(OCc2ccc(Br)cc2)c(OCC)c1. The summed E-state index contributed by atoms with van der Waals surface area (Å²) in [6.07, 6.45) is 0. The maximum atomic E-state index is 13.7. The van der Waals surface area contributed by atoms with Crippen molar-refractivity contribution in [1.82, 2.24) is 5.32 Å². The molecule has 200 valence electrons. The van der Waals surface area contributed by atoms with E-state index in [0.717, 1.165) is 15.6 Å². The van der Waals surface area contributed by atoms with Gasteiger partial charge in [0.2, 0.25) is 0 Å². The van der Waals surface area contributed by atoms with Gasteiger partial charge in [-0.15, -0.1) is 0 Å². The van der Waals surface area contributed by atoms with Crippen LogP contribution in [0.4, 0.5) is 0 Å². The van der Waals surface area contributed by atoms with Gasteiger partial charge in [0.05, 0.1) is 29.5 Å². The van der Waals surface area contributed by atoms with E-state index in [-0.39, 0.29) is 19.0 Å². The number of rotatable bonds is 8. The number of halogens is 2. The van der Waals surface area contributed by atoms with Gasteiger partial charge in [0.1, 0.15) is 6.61 Å². The Kier molecular flexibility index (Phi) is 7.82. The molecule has 0 spiro atoms. The number of carbonyl (C=O) groups excluding carboxylic acids is 2. The van der Waals surface area contributed by atoms with Crippen LogP contribution in [0.2, 0.25) is 5.02 Å². The number of esters is 1. The van der Waals surface area contributed by atoms with Crippen LogP contribution in [0.5, 0.6) is 11.5 Å². The lowest BCUT2D eigenvalue weighted by Crippen LogP contribution is -2.29. The van der Waals surface area contributed by atoms with Crippen LogP contribution in [0.1, 0.15) is 53.7 Å². The molecule has 3 aromatic rings. The van der Waals surface area contributed by atoms with Crippen molar-refractivity contribution >= 4 is 45.0 Å². The standard InChI is InChI=1S/C31H27BrClNO5/c1-4-37-24-15-19(14-23(33)30(24)39-16-18-10-12-20(32)13-11-18)26-25(31(36)38-5-2)17(3)34-28-21-8-6-7-9-22(21)29(35)27(26)28/h6-15,26,34H,4-5,16H2,1-3H3/t26-/m1/s1. The van der Waals surface area contributed by atoms with Crippen molar-refractivity contribution in [2.45, 2.75) is 33.3 Å². The van der Waals surface area contributed by atoms with Crippen LogP contribution in [0.3, 0.4) is 0 Å². The fraction of sp³-hybridized carbons (Fsp3) is 0.226. The molecule has 2 aliphatic rings. The predicted octanol–water partition coefficient (Wildman–Crippen LogP) is 7.21. The van der Waals surface area contributed by atoms with E-state index in [1.54, 1.807) is 25.1 Å². The lowest BCUT2D eigenvalue weighted by atomic mass is 9.79. The first-order valence-electron chi connectivity index (χ1n) is 12.7. The number of ketones is 1.